The molecular formula is C23H20FN3O4. The van der Waals surface area contributed by atoms with E-state index in [4.69, 9.17) is 4.74 Å². The van der Waals surface area contributed by atoms with Crippen LogP contribution < -0.4 is 15.2 Å². The second kappa shape index (κ2) is 8.14. The van der Waals surface area contributed by atoms with Gasteiger partial charge >= 0.3 is 0 Å². The molecule has 7 nitrogen and oxygen atoms in total. The first-order valence-corrected chi connectivity index (χ1v) is 9.73. The van der Waals surface area contributed by atoms with Gasteiger partial charge < -0.3 is 9.64 Å². The number of rotatable bonds is 5. The average Bonchev–Trinajstić information content (AvgIpc) is 3.19. The summed E-state index contributed by atoms with van der Waals surface area (Å²) in [6, 6.07) is 12.1. The molecule has 0 atom stereocenters. The van der Waals surface area contributed by atoms with E-state index in [1.807, 2.05) is 0 Å². The Hall–Kier alpha value is -3.81. The first kappa shape index (κ1) is 20.5. The Morgan fingerprint density at radius 1 is 1.13 bits per heavy atom. The van der Waals surface area contributed by atoms with E-state index in [0.717, 1.165) is 15.9 Å². The monoisotopic (exact) mass is 421 g/mol. The van der Waals surface area contributed by atoms with Crippen LogP contribution in [0.1, 0.15) is 22.8 Å². The van der Waals surface area contributed by atoms with Crippen LogP contribution in [0.2, 0.25) is 0 Å². The number of nitrogens with zero attached hydrogens (tertiary/aromatic N) is 3. The van der Waals surface area contributed by atoms with Crippen molar-refractivity contribution in [1.29, 1.82) is 0 Å². The van der Waals surface area contributed by atoms with Gasteiger partial charge in [-0.3, -0.25) is 14.4 Å². The highest BCUT2D eigenvalue weighted by Gasteiger charge is 2.23. The molecule has 0 bridgehead atoms. The van der Waals surface area contributed by atoms with E-state index >= 15 is 0 Å². The van der Waals surface area contributed by atoms with Crippen LogP contribution in [-0.2, 0) is 17.8 Å². The number of aromatic nitrogens is 2. The van der Waals surface area contributed by atoms with Gasteiger partial charge in [0.2, 0.25) is 5.91 Å². The summed E-state index contributed by atoms with van der Waals surface area (Å²) in [6.07, 6.45) is 0.667. The third-order valence-electron chi connectivity index (χ3n) is 5.29. The van der Waals surface area contributed by atoms with Gasteiger partial charge in [0.1, 0.15) is 18.1 Å². The Labute approximate surface area is 177 Å². The topological polar surface area (TPSA) is 81.5 Å². The first-order chi connectivity index (χ1) is 14.9. The van der Waals surface area contributed by atoms with E-state index < -0.39 is 11.4 Å². The number of anilines is 1. The number of amides is 1. The quantitative estimate of drug-likeness (QED) is 0.592. The number of methoxy groups -OCH3 is 1. The summed E-state index contributed by atoms with van der Waals surface area (Å²) in [4.78, 5) is 38.4. The van der Waals surface area contributed by atoms with Crippen molar-refractivity contribution < 1.29 is 18.7 Å². The number of carbonyl (C=O) groups excluding carboxylic acids is 2. The molecule has 2 aromatic carbocycles. The molecule has 8 heteroatoms. The van der Waals surface area contributed by atoms with Crippen LogP contribution in [-0.4, -0.2) is 35.1 Å². The van der Waals surface area contributed by atoms with E-state index in [1.165, 1.54) is 38.3 Å². The molecule has 0 radical (unpaired) electrons. The standard InChI is InChI=1S/C23H20FN3O4/c1-14(28)26-10-9-15-11-16(3-7-21(15)26)22(29)13-27-23(30)8-6-20(25-27)18-5-4-17(31-2)12-19(18)24/h3-8,11-12H,9-10,13H2,1-2H3. The van der Waals surface area contributed by atoms with Gasteiger partial charge in [0.25, 0.3) is 5.56 Å². The minimum atomic E-state index is -0.544. The minimum absolute atomic E-state index is 0.0452. The molecule has 4 rings (SSSR count). The van der Waals surface area contributed by atoms with E-state index in [9.17, 15) is 18.8 Å². The lowest BCUT2D eigenvalue weighted by atomic mass is 10.1. The Morgan fingerprint density at radius 3 is 2.65 bits per heavy atom. The molecular weight excluding hydrogens is 401 g/mol. The molecule has 2 heterocycles. The van der Waals surface area contributed by atoms with Crippen molar-refractivity contribution in [3.05, 3.63) is 75.8 Å². The highest BCUT2D eigenvalue weighted by Crippen LogP contribution is 2.29. The predicted octanol–water partition coefficient (Wildman–Crippen LogP) is 2.85. The molecule has 31 heavy (non-hydrogen) atoms. The van der Waals surface area contributed by atoms with E-state index in [0.29, 0.717) is 24.3 Å². The number of ketones is 1. The Bertz CT molecular complexity index is 1250. The molecule has 0 N–H and O–H groups in total. The van der Waals surface area contributed by atoms with Crippen LogP contribution in [0.5, 0.6) is 5.75 Å². The fourth-order valence-corrected chi connectivity index (χ4v) is 3.67. The maximum Gasteiger partial charge on any atom is 0.267 e. The molecule has 1 amide bonds. The molecule has 1 aliphatic heterocycles. The highest BCUT2D eigenvalue weighted by atomic mass is 19.1. The van der Waals surface area contributed by atoms with Gasteiger partial charge in [-0.05, 0) is 48.4 Å². The summed E-state index contributed by atoms with van der Waals surface area (Å²) in [6.45, 7) is 1.81. The number of fused-ring (bicyclic) bond motifs is 1. The fourth-order valence-electron chi connectivity index (χ4n) is 3.67. The molecule has 0 saturated heterocycles. The maximum atomic E-state index is 14.4. The Kier molecular flexibility index (Phi) is 5.37. The van der Waals surface area contributed by atoms with Gasteiger partial charge in [-0.2, -0.15) is 5.10 Å². The second-order valence-corrected chi connectivity index (χ2v) is 7.25. The zero-order valence-corrected chi connectivity index (χ0v) is 17.1. The zero-order chi connectivity index (χ0) is 22.1. The summed E-state index contributed by atoms with van der Waals surface area (Å²) >= 11 is 0. The molecule has 0 aliphatic carbocycles. The van der Waals surface area contributed by atoms with Crippen molar-refractivity contribution in [1.82, 2.24) is 9.78 Å². The lowest BCUT2D eigenvalue weighted by Crippen LogP contribution is -2.26. The summed E-state index contributed by atoms with van der Waals surface area (Å²) in [5, 5.41) is 4.18. The molecule has 3 aromatic rings. The number of hydrogen-bond donors (Lipinski definition) is 0. The summed E-state index contributed by atoms with van der Waals surface area (Å²) in [7, 11) is 1.44. The van der Waals surface area contributed by atoms with Crippen LogP contribution in [0, 0.1) is 5.82 Å². The molecule has 1 aliphatic rings. The van der Waals surface area contributed by atoms with E-state index in [2.05, 4.69) is 5.10 Å². The fraction of sp³-hybridized carbons (Fsp3) is 0.217. The number of Topliss-reactive ketones (excluding diaryl/α,β-unsaturated/α-hetero) is 1. The van der Waals surface area contributed by atoms with E-state index in [1.54, 1.807) is 29.2 Å². The van der Waals surface area contributed by atoms with Crippen molar-refractivity contribution in [2.75, 3.05) is 18.6 Å². The van der Waals surface area contributed by atoms with Crippen LogP contribution in [0.3, 0.4) is 0 Å². The van der Waals surface area contributed by atoms with Gasteiger partial charge in [0.15, 0.2) is 5.78 Å². The van der Waals surface area contributed by atoms with Gasteiger partial charge in [0, 0.05) is 42.4 Å². The molecule has 0 unspecified atom stereocenters. The smallest absolute Gasteiger partial charge is 0.267 e. The Balaban J connectivity index is 1.60. The van der Waals surface area contributed by atoms with Gasteiger partial charge in [-0.15, -0.1) is 0 Å². The lowest BCUT2D eigenvalue weighted by molar-refractivity contribution is -0.116. The molecule has 158 valence electrons. The van der Waals surface area contributed by atoms with Crippen LogP contribution in [0.15, 0.2) is 53.3 Å². The van der Waals surface area contributed by atoms with Crippen molar-refractivity contribution in [3.8, 4) is 17.0 Å². The number of carbonyl (C=O) groups is 2. The van der Waals surface area contributed by atoms with Crippen LogP contribution in [0.25, 0.3) is 11.3 Å². The van der Waals surface area contributed by atoms with Gasteiger partial charge in [0.05, 0.1) is 12.8 Å². The molecule has 0 fully saturated rings. The normalized spacial score (nSPS) is 12.5. The predicted molar refractivity (Wildman–Crippen MR) is 113 cm³/mol. The summed E-state index contributed by atoms with van der Waals surface area (Å²) < 4.78 is 20.4. The average molecular weight is 421 g/mol. The molecule has 0 spiro atoms. The van der Waals surface area contributed by atoms with Crippen molar-refractivity contribution in [2.45, 2.75) is 19.9 Å². The molecule has 1 aromatic heterocycles. The largest absolute Gasteiger partial charge is 0.497 e. The second-order valence-electron chi connectivity index (χ2n) is 7.25. The number of benzene rings is 2. The third kappa shape index (κ3) is 3.96. The number of ether oxygens (including phenoxy) is 1. The van der Waals surface area contributed by atoms with E-state index in [-0.39, 0.29) is 29.5 Å². The van der Waals surface area contributed by atoms with Crippen LogP contribution >= 0.6 is 0 Å². The third-order valence-corrected chi connectivity index (χ3v) is 5.29. The van der Waals surface area contributed by atoms with Crippen molar-refractivity contribution in [2.24, 2.45) is 0 Å². The maximum absolute atomic E-state index is 14.4. The summed E-state index contributed by atoms with van der Waals surface area (Å²) in [5.74, 6) is -0.524. The van der Waals surface area contributed by atoms with Crippen molar-refractivity contribution in [3.63, 3.8) is 0 Å². The van der Waals surface area contributed by atoms with Gasteiger partial charge in [-0.1, -0.05) is 0 Å². The first-order valence-electron chi connectivity index (χ1n) is 9.73. The summed E-state index contributed by atoms with van der Waals surface area (Å²) in [5.41, 5.74) is 2.11. The minimum Gasteiger partial charge on any atom is -0.497 e. The van der Waals surface area contributed by atoms with Crippen molar-refractivity contribution >= 4 is 17.4 Å². The SMILES string of the molecule is COc1ccc(-c2ccc(=O)n(CC(=O)c3ccc4c(c3)CCN4C(C)=O)n2)c(F)c1. The Morgan fingerprint density at radius 2 is 1.94 bits per heavy atom. The highest BCUT2D eigenvalue weighted by molar-refractivity contribution is 5.98. The van der Waals surface area contributed by atoms with Gasteiger partial charge in [-0.25, -0.2) is 9.07 Å². The molecule has 0 saturated carbocycles. The van der Waals surface area contributed by atoms with Crippen LogP contribution in [0.4, 0.5) is 10.1 Å². The number of hydrogen-bond acceptors (Lipinski definition) is 5. The lowest BCUT2D eigenvalue weighted by Gasteiger charge is -2.14. The number of halogens is 1. The zero-order valence-electron chi connectivity index (χ0n) is 17.1.